The molecule has 6 nitrogen and oxygen atoms in total. The predicted octanol–water partition coefficient (Wildman–Crippen LogP) is 2.72. The Labute approximate surface area is 159 Å². The van der Waals surface area contributed by atoms with Crippen LogP contribution in [0.3, 0.4) is 0 Å². The monoisotopic (exact) mass is 394 g/mol. The molecule has 0 bridgehead atoms. The van der Waals surface area contributed by atoms with E-state index in [-0.39, 0.29) is 23.3 Å². The zero-order valence-corrected chi connectivity index (χ0v) is 16.3. The summed E-state index contributed by atoms with van der Waals surface area (Å²) in [5.74, 6) is -0.243. The van der Waals surface area contributed by atoms with Gasteiger partial charge in [-0.3, -0.25) is 4.79 Å². The standard InChI is InChI=1S/C19H23FN2O4S/c1-4-26-17-9-11-18(12-10-17)27(24,25)22(3)13-19(23)21-14(2)15-5-7-16(20)8-6-15/h5-12,14H,4,13H2,1-3H3,(H,21,23)/t14-/m0/s1. The minimum absolute atomic E-state index is 0.0767. The zero-order chi connectivity index (χ0) is 20.0. The maximum Gasteiger partial charge on any atom is 0.243 e. The van der Waals surface area contributed by atoms with Crippen LogP contribution < -0.4 is 10.1 Å². The molecule has 0 aliphatic carbocycles. The molecule has 1 N–H and O–H groups in total. The molecule has 0 saturated heterocycles. The van der Waals surface area contributed by atoms with E-state index in [0.29, 0.717) is 12.4 Å². The number of halogens is 1. The van der Waals surface area contributed by atoms with E-state index in [1.807, 2.05) is 6.92 Å². The van der Waals surface area contributed by atoms with Crippen LogP contribution in [0.1, 0.15) is 25.5 Å². The van der Waals surface area contributed by atoms with Crippen LogP contribution in [0.25, 0.3) is 0 Å². The van der Waals surface area contributed by atoms with Crippen molar-refractivity contribution in [3.05, 3.63) is 59.9 Å². The Morgan fingerprint density at radius 3 is 2.30 bits per heavy atom. The van der Waals surface area contributed by atoms with Gasteiger partial charge in [0.15, 0.2) is 0 Å². The summed E-state index contributed by atoms with van der Waals surface area (Å²) in [6.07, 6.45) is 0. The van der Waals surface area contributed by atoms with Gasteiger partial charge in [-0.05, 0) is 55.8 Å². The number of carbonyl (C=O) groups is 1. The highest BCUT2D eigenvalue weighted by Crippen LogP contribution is 2.19. The smallest absolute Gasteiger partial charge is 0.243 e. The van der Waals surface area contributed by atoms with Crippen LogP contribution in [0, 0.1) is 5.82 Å². The van der Waals surface area contributed by atoms with E-state index >= 15 is 0 Å². The van der Waals surface area contributed by atoms with E-state index in [4.69, 9.17) is 4.74 Å². The number of nitrogens with zero attached hydrogens (tertiary/aromatic N) is 1. The molecule has 8 heteroatoms. The predicted molar refractivity (Wildman–Crippen MR) is 100 cm³/mol. The van der Waals surface area contributed by atoms with Crippen molar-refractivity contribution in [3.8, 4) is 5.75 Å². The Hall–Kier alpha value is -2.45. The number of nitrogens with one attached hydrogen (secondary N) is 1. The first-order valence-corrected chi connectivity index (χ1v) is 9.92. The number of hydrogen-bond donors (Lipinski definition) is 1. The van der Waals surface area contributed by atoms with Gasteiger partial charge in [0.2, 0.25) is 15.9 Å². The molecule has 27 heavy (non-hydrogen) atoms. The van der Waals surface area contributed by atoms with E-state index in [0.717, 1.165) is 9.87 Å². The molecule has 1 amide bonds. The number of rotatable bonds is 8. The van der Waals surface area contributed by atoms with Crippen LogP contribution in [0.4, 0.5) is 4.39 Å². The van der Waals surface area contributed by atoms with Crippen molar-refractivity contribution in [3.63, 3.8) is 0 Å². The van der Waals surface area contributed by atoms with E-state index in [1.165, 1.54) is 31.3 Å². The quantitative estimate of drug-likeness (QED) is 0.747. The lowest BCUT2D eigenvalue weighted by atomic mass is 10.1. The second-order valence-electron chi connectivity index (χ2n) is 6.01. The van der Waals surface area contributed by atoms with Gasteiger partial charge in [0.1, 0.15) is 11.6 Å². The van der Waals surface area contributed by atoms with Crippen molar-refractivity contribution in [2.45, 2.75) is 24.8 Å². The molecule has 0 spiro atoms. The largest absolute Gasteiger partial charge is 0.494 e. The van der Waals surface area contributed by atoms with Crippen LogP contribution in [-0.2, 0) is 14.8 Å². The molecule has 2 rings (SSSR count). The summed E-state index contributed by atoms with van der Waals surface area (Å²) in [6, 6.07) is 11.4. The fraction of sp³-hybridized carbons (Fsp3) is 0.316. The molecule has 1 atom stereocenters. The molecule has 0 aliphatic rings. The molecule has 0 radical (unpaired) electrons. The molecule has 2 aromatic carbocycles. The molecular formula is C19H23FN2O4S. The van der Waals surface area contributed by atoms with Gasteiger partial charge in [-0.25, -0.2) is 12.8 Å². The van der Waals surface area contributed by atoms with Gasteiger partial charge in [0, 0.05) is 7.05 Å². The van der Waals surface area contributed by atoms with Crippen molar-refractivity contribution in [1.82, 2.24) is 9.62 Å². The number of benzene rings is 2. The van der Waals surface area contributed by atoms with E-state index in [1.54, 1.807) is 31.2 Å². The van der Waals surface area contributed by atoms with E-state index < -0.39 is 15.9 Å². The molecule has 2 aromatic rings. The molecule has 0 heterocycles. The number of sulfonamides is 1. The number of amides is 1. The Bertz CT molecular complexity index is 868. The van der Waals surface area contributed by atoms with Gasteiger partial charge in [-0.1, -0.05) is 12.1 Å². The topological polar surface area (TPSA) is 75.7 Å². The Morgan fingerprint density at radius 2 is 1.74 bits per heavy atom. The van der Waals surface area contributed by atoms with Gasteiger partial charge < -0.3 is 10.1 Å². The first kappa shape index (κ1) is 20.9. The van der Waals surface area contributed by atoms with Crippen LogP contribution in [0.2, 0.25) is 0 Å². The summed E-state index contributed by atoms with van der Waals surface area (Å²) in [7, 11) is -2.46. The molecule has 0 aliphatic heterocycles. The molecule has 0 aromatic heterocycles. The maximum absolute atomic E-state index is 13.0. The third-order valence-electron chi connectivity index (χ3n) is 3.96. The number of hydrogen-bond acceptors (Lipinski definition) is 4. The molecule has 0 saturated carbocycles. The number of ether oxygens (including phenoxy) is 1. The van der Waals surface area contributed by atoms with Crippen LogP contribution in [-0.4, -0.2) is 38.8 Å². The lowest BCUT2D eigenvalue weighted by Crippen LogP contribution is -2.39. The molecule has 146 valence electrons. The van der Waals surface area contributed by atoms with Crippen molar-refractivity contribution in [2.75, 3.05) is 20.2 Å². The second-order valence-corrected chi connectivity index (χ2v) is 8.05. The minimum atomic E-state index is -3.80. The fourth-order valence-corrected chi connectivity index (χ4v) is 3.59. The fourth-order valence-electron chi connectivity index (χ4n) is 2.46. The van der Waals surface area contributed by atoms with E-state index in [2.05, 4.69) is 5.32 Å². The summed E-state index contributed by atoms with van der Waals surface area (Å²) >= 11 is 0. The lowest BCUT2D eigenvalue weighted by Gasteiger charge is -2.19. The third kappa shape index (κ3) is 5.51. The summed E-state index contributed by atoms with van der Waals surface area (Å²) in [4.78, 5) is 12.3. The summed E-state index contributed by atoms with van der Waals surface area (Å²) in [5, 5.41) is 2.71. The summed E-state index contributed by atoms with van der Waals surface area (Å²) in [5.41, 5.74) is 0.724. The third-order valence-corrected chi connectivity index (χ3v) is 5.77. The normalized spacial score (nSPS) is 12.6. The Morgan fingerprint density at radius 1 is 1.15 bits per heavy atom. The highest BCUT2D eigenvalue weighted by atomic mass is 32.2. The van der Waals surface area contributed by atoms with Crippen LogP contribution in [0.5, 0.6) is 5.75 Å². The zero-order valence-electron chi connectivity index (χ0n) is 15.5. The van der Waals surface area contributed by atoms with Crippen molar-refractivity contribution in [2.24, 2.45) is 0 Å². The van der Waals surface area contributed by atoms with Gasteiger partial charge in [0.25, 0.3) is 0 Å². The lowest BCUT2D eigenvalue weighted by molar-refractivity contribution is -0.121. The van der Waals surface area contributed by atoms with Gasteiger partial charge in [-0.2, -0.15) is 4.31 Å². The number of likely N-dealkylation sites (N-methyl/N-ethyl adjacent to an activating group) is 1. The average Bonchev–Trinajstić information content (AvgIpc) is 2.62. The molecule has 0 unspecified atom stereocenters. The molecular weight excluding hydrogens is 371 g/mol. The average molecular weight is 394 g/mol. The van der Waals surface area contributed by atoms with Crippen molar-refractivity contribution >= 4 is 15.9 Å². The Kier molecular flexibility index (Phi) is 6.92. The van der Waals surface area contributed by atoms with Crippen LogP contribution >= 0.6 is 0 Å². The summed E-state index contributed by atoms with van der Waals surface area (Å²) < 4.78 is 44.4. The van der Waals surface area contributed by atoms with E-state index in [9.17, 15) is 17.6 Å². The first-order valence-electron chi connectivity index (χ1n) is 8.48. The first-order chi connectivity index (χ1) is 12.7. The maximum atomic E-state index is 13.0. The Balaban J connectivity index is 2.00. The number of carbonyl (C=O) groups excluding carboxylic acids is 1. The second kappa shape index (κ2) is 8.96. The van der Waals surface area contributed by atoms with Gasteiger partial charge in [-0.15, -0.1) is 0 Å². The highest BCUT2D eigenvalue weighted by molar-refractivity contribution is 7.89. The van der Waals surface area contributed by atoms with Gasteiger partial charge >= 0.3 is 0 Å². The summed E-state index contributed by atoms with van der Waals surface area (Å²) in [6.45, 7) is 3.73. The highest BCUT2D eigenvalue weighted by Gasteiger charge is 2.23. The molecule has 0 fully saturated rings. The van der Waals surface area contributed by atoms with Crippen molar-refractivity contribution < 1.29 is 22.3 Å². The minimum Gasteiger partial charge on any atom is -0.494 e. The van der Waals surface area contributed by atoms with Gasteiger partial charge in [0.05, 0.1) is 24.1 Å². The SMILES string of the molecule is CCOc1ccc(S(=O)(=O)N(C)CC(=O)N[C@@H](C)c2ccc(F)cc2)cc1. The van der Waals surface area contributed by atoms with Crippen LogP contribution in [0.15, 0.2) is 53.4 Å². The van der Waals surface area contributed by atoms with Crippen molar-refractivity contribution in [1.29, 1.82) is 0 Å².